The molecule has 0 saturated carbocycles. The lowest BCUT2D eigenvalue weighted by atomic mass is 10.2. The first-order valence-corrected chi connectivity index (χ1v) is 9.48. The van der Waals surface area contributed by atoms with Crippen molar-refractivity contribution < 1.29 is 23.0 Å². The van der Waals surface area contributed by atoms with Crippen molar-refractivity contribution in [1.82, 2.24) is 9.78 Å². The van der Waals surface area contributed by atoms with Crippen LogP contribution >= 0.6 is 0 Å². The minimum absolute atomic E-state index is 0.197. The molecule has 29 heavy (non-hydrogen) atoms. The molecule has 1 N–H and O–H groups in total. The zero-order chi connectivity index (χ0) is 21.1. The average Bonchev–Trinajstić information content (AvgIpc) is 3.24. The molecule has 0 bridgehead atoms. The summed E-state index contributed by atoms with van der Waals surface area (Å²) in [6.07, 6.45) is -0.691. The topological polar surface area (TPSA) is 68.6 Å². The largest absolute Gasteiger partial charge is 0.497 e. The van der Waals surface area contributed by atoms with Crippen LogP contribution in [-0.2, 0) is 11.3 Å². The number of nitrogens with zero attached hydrogens (tertiary/aromatic N) is 3. The summed E-state index contributed by atoms with van der Waals surface area (Å²) in [5.41, 5.74) is 0.504. The number of methoxy groups -OCH3 is 2. The van der Waals surface area contributed by atoms with E-state index in [9.17, 15) is 13.6 Å². The first-order chi connectivity index (χ1) is 13.8. The molecule has 0 unspecified atom stereocenters. The van der Waals surface area contributed by atoms with Gasteiger partial charge in [-0.1, -0.05) is 13.8 Å². The van der Waals surface area contributed by atoms with Gasteiger partial charge in [-0.2, -0.15) is 5.10 Å². The summed E-state index contributed by atoms with van der Waals surface area (Å²) in [5, 5.41) is 6.96. The molecule has 2 aromatic rings. The predicted octanol–water partition coefficient (Wildman–Crippen LogP) is 3.71. The number of amides is 1. The minimum Gasteiger partial charge on any atom is -0.497 e. The van der Waals surface area contributed by atoms with Gasteiger partial charge in [-0.05, 0) is 12.3 Å². The number of halogens is 2. The van der Waals surface area contributed by atoms with Crippen LogP contribution < -0.4 is 19.7 Å². The van der Waals surface area contributed by atoms with Gasteiger partial charge in [0.25, 0.3) is 6.43 Å². The van der Waals surface area contributed by atoms with Crippen molar-refractivity contribution in [2.24, 2.45) is 5.92 Å². The molecule has 2 heterocycles. The number of anilines is 2. The summed E-state index contributed by atoms with van der Waals surface area (Å²) in [6.45, 7) is 4.95. The van der Waals surface area contributed by atoms with Gasteiger partial charge < -0.3 is 19.7 Å². The molecular formula is C20H26F2N4O3. The molecule has 158 valence electrons. The second-order valence-corrected chi connectivity index (χ2v) is 7.39. The second-order valence-electron chi connectivity index (χ2n) is 7.39. The third kappa shape index (κ3) is 4.60. The summed E-state index contributed by atoms with van der Waals surface area (Å²) >= 11 is 0. The zero-order valence-electron chi connectivity index (χ0n) is 17.0. The Labute approximate surface area is 168 Å². The Kier molecular flexibility index (Phi) is 6.24. The molecule has 1 saturated heterocycles. The highest BCUT2D eigenvalue weighted by Crippen LogP contribution is 2.33. The highest BCUT2D eigenvalue weighted by molar-refractivity contribution is 6.01. The molecule has 1 aromatic heterocycles. The van der Waals surface area contributed by atoms with Crippen LogP contribution in [0.15, 0.2) is 24.4 Å². The van der Waals surface area contributed by atoms with Gasteiger partial charge in [-0.15, -0.1) is 0 Å². The van der Waals surface area contributed by atoms with E-state index in [1.165, 1.54) is 18.9 Å². The summed E-state index contributed by atoms with van der Waals surface area (Å²) < 4.78 is 38.9. The van der Waals surface area contributed by atoms with Crippen LogP contribution in [0.2, 0.25) is 0 Å². The van der Waals surface area contributed by atoms with Crippen molar-refractivity contribution in [2.75, 3.05) is 31.0 Å². The quantitative estimate of drug-likeness (QED) is 0.721. The summed E-state index contributed by atoms with van der Waals surface area (Å²) in [5.74, 6) is 1.20. The fourth-order valence-corrected chi connectivity index (χ4v) is 3.38. The van der Waals surface area contributed by atoms with Gasteiger partial charge in [0.15, 0.2) is 5.69 Å². The number of ether oxygens (including phenoxy) is 2. The average molecular weight is 408 g/mol. The lowest BCUT2D eigenvalue weighted by Gasteiger charge is -2.19. The van der Waals surface area contributed by atoms with Crippen LogP contribution in [0.25, 0.3) is 0 Å². The van der Waals surface area contributed by atoms with E-state index in [1.54, 1.807) is 29.3 Å². The number of benzene rings is 1. The van der Waals surface area contributed by atoms with Gasteiger partial charge >= 0.3 is 0 Å². The van der Waals surface area contributed by atoms with Crippen LogP contribution in [0.1, 0.15) is 32.4 Å². The number of alkyl halides is 2. The summed E-state index contributed by atoms with van der Waals surface area (Å²) in [7, 11) is 3.07. The first-order valence-electron chi connectivity index (χ1n) is 9.48. The van der Waals surface area contributed by atoms with Crippen molar-refractivity contribution >= 4 is 17.3 Å². The summed E-state index contributed by atoms with van der Waals surface area (Å²) in [4.78, 5) is 14.5. The van der Waals surface area contributed by atoms with Crippen LogP contribution in [-0.4, -0.2) is 42.5 Å². The normalized spacial score (nSPS) is 16.8. The van der Waals surface area contributed by atoms with Crippen LogP contribution in [0.4, 0.5) is 20.2 Å². The summed E-state index contributed by atoms with van der Waals surface area (Å²) in [6, 6.07) is 4.60. The Bertz CT molecular complexity index is 847. The van der Waals surface area contributed by atoms with Crippen molar-refractivity contribution in [2.45, 2.75) is 39.3 Å². The molecule has 1 aromatic carbocycles. The van der Waals surface area contributed by atoms with Crippen molar-refractivity contribution in [3.05, 3.63) is 30.1 Å². The third-order valence-electron chi connectivity index (χ3n) is 4.73. The fourth-order valence-electron chi connectivity index (χ4n) is 3.38. The number of rotatable bonds is 8. The Balaban J connectivity index is 1.80. The van der Waals surface area contributed by atoms with Crippen molar-refractivity contribution in [3.63, 3.8) is 0 Å². The predicted molar refractivity (Wildman–Crippen MR) is 106 cm³/mol. The molecule has 0 aliphatic carbocycles. The van der Waals surface area contributed by atoms with Crippen LogP contribution in [0.3, 0.4) is 0 Å². The number of carbonyl (C=O) groups excluding carboxylic acids is 1. The smallest absolute Gasteiger partial charge is 0.284 e. The number of hydrogen-bond acceptors (Lipinski definition) is 5. The fraction of sp³-hybridized carbons (Fsp3) is 0.500. The molecule has 0 spiro atoms. The molecule has 1 amide bonds. The monoisotopic (exact) mass is 408 g/mol. The second kappa shape index (κ2) is 8.67. The van der Waals surface area contributed by atoms with Gasteiger partial charge in [0.1, 0.15) is 17.5 Å². The maximum atomic E-state index is 13.4. The van der Waals surface area contributed by atoms with E-state index in [0.717, 1.165) is 0 Å². The maximum Gasteiger partial charge on any atom is 0.284 e. The van der Waals surface area contributed by atoms with E-state index < -0.39 is 12.5 Å². The van der Waals surface area contributed by atoms with E-state index in [-0.39, 0.29) is 23.2 Å². The third-order valence-corrected chi connectivity index (χ3v) is 4.73. The van der Waals surface area contributed by atoms with E-state index >= 15 is 0 Å². The first kappa shape index (κ1) is 20.9. The van der Waals surface area contributed by atoms with E-state index in [1.807, 2.05) is 13.8 Å². The molecule has 0 radical (unpaired) electrons. The van der Waals surface area contributed by atoms with E-state index in [2.05, 4.69) is 10.4 Å². The maximum absolute atomic E-state index is 13.4. The molecule has 1 atom stereocenters. The standard InChI is InChI=1S/C20H26F2N4O3/c1-12(2)10-25-11-17(18(24-25)19(21)22)23-16-5-6-26(20(16)27)13-7-14(28-3)9-15(8-13)29-4/h7-9,11-12,16,19,23H,5-6,10H2,1-4H3/t16-/m0/s1. The Morgan fingerprint density at radius 2 is 1.86 bits per heavy atom. The van der Waals surface area contributed by atoms with Crippen LogP contribution in [0, 0.1) is 5.92 Å². The van der Waals surface area contributed by atoms with Crippen LogP contribution in [0.5, 0.6) is 11.5 Å². The van der Waals surface area contributed by atoms with Crippen molar-refractivity contribution in [3.8, 4) is 11.5 Å². The van der Waals surface area contributed by atoms with Gasteiger partial charge in [0.05, 0.1) is 25.6 Å². The number of carbonyl (C=O) groups is 1. The Morgan fingerprint density at radius 3 is 2.41 bits per heavy atom. The molecule has 3 rings (SSSR count). The Morgan fingerprint density at radius 1 is 1.21 bits per heavy atom. The number of nitrogens with one attached hydrogen (secondary N) is 1. The van der Waals surface area contributed by atoms with E-state index in [4.69, 9.17) is 9.47 Å². The van der Waals surface area contributed by atoms with Gasteiger partial charge in [0, 0.05) is 37.5 Å². The molecule has 1 aliphatic rings. The van der Waals surface area contributed by atoms with Gasteiger partial charge in [0.2, 0.25) is 5.91 Å². The Hall–Kier alpha value is -2.84. The molecule has 1 fully saturated rings. The minimum atomic E-state index is -2.72. The number of aromatic nitrogens is 2. The molecule has 1 aliphatic heterocycles. The highest BCUT2D eigenvalue weighted by Gasteiger charge is 2.34. The highest BCUT2D eigenvalue weighted by atomic mass is 19.3. The van der Waals surface area contributed by atoms with Crippen molar-refractivity contribution in [1.29, 1.82) is 0 Å². The lowest BCUT2D eigenvalue weighted by Crippen LogP contribution is -2.33. The lowest BCUT2D eigenvalue weighted by molar-refractivity contribution is -0.117. The molecule has 7 nitrogen and oxygen atoms in total. The van der Waals surface area contributed by atoms with Gasteiger partial charge in [-0.25, -0.2) is 8.78 Å². The van der Waals surface area contributed by atoms with Gasteiger partial charge in [-0.3, -0.25) is 9.48 Å². The zero-order valence-corrected chi connectivity index (χ0v) is 17.0. The molecular weight excluding hydrogens is 382 g/mol. The van der Waals surface area contributed by atoms with E-state index in [0.29, 0.717) is 36.7 Å². The SMILES string of the molecule is COc1cc(OC)cc(N2CC[C@H](Nc3cn(CC(C)C)nc3C(F)F)C2=O)c1. The molecule has 9 heteroatoms. The number of hydrogen-bond donors (Lipinski definition) is 1.